The first-order chi connectivity index (χ1) is 18.9. The van der Waals surface area contributed by atoms with Crippen molar-refractivity contribution in [1.29, 1.82) is 0 Å². The van der Waals surface area contributed by atoms with Gasteiger partial charge in [-0.3, -0.25) is 4.79 Å². The first kappa shape index (κ1) is 30.3. The molecule has 40 heavy (non-hydrogen) atoms. The van der Waals surface area contributed by atoms with Crippen molar-refractivity contribution in [2.24, 2.45) is 16.7 Å². The van der Waals surface area contributed by atoms with E-state index in [1.165, 1.54) is 0 Å². The molecular formula is C28H37N7O5. The summed E-state index contributed by atoms with van der Waals surface area (Å²) in [7, 11) is 0. The largest absolute Gasteiger partial charge is 0.384 e. The summed E-state index contributed by atoms with van der Waals surface area (Å²) in [4.78, 5) is 31.4. The van der Waals surface area contributed by atoms with Crippen LogP contribution < -0.4 is 11.6 Å². The van der Waals surface area contributed by atoms with Gasteiger partial charge in [0.15, 0.2) is 5.84 Å². The van der Waals surface area contributed by atoms with Crippen LogP contribution in [0.5, 0.6) is 0 Å². The van der Waals surface area contributed by atoms with Gasteiger partial charge >= 0.3 is 0 Å². The van der Waals surface area contributed by atoms with E-state index in [2.05, 4.69) is 21.4 Å². The van der Waals surface area contributed by atoms with Gasteiger partial charge in [-0.1, -0.05) is 55.5 Å². The molecule has 5 N–H and O–H groups in total. The second-order valence-electron chi connectivity index (χ2n) is 9.98. The molecule has 0 radical (unpaired) electrons. The van der Waals surface area contributed by atoms with Crippen LogP contribution in [0.4, 0.5) is 0 Å². The van der Waals surface area contributed by atoms with Crippen LogP contribution in [0.2, 0.25) is 0 Å². The second-order valence-corrected chi connectivity index (χ2v) is 9.98. The van der Waals surface area contributed by atoms with Gasteiger partial charge in [0.05, 0.1) is 12.3 Å². The van der Waals surface area contributed by atoms with E-state index >= 15 is 0 Å². The van der Waals surface area contributed by atoms with Gasteiger partial charge in [0.1, 0.15) is 11.4 Å². The summed E-state index contributed by atoms with van der Waals surface area (Å²) in [6, 6.07) is 15.4. The van der Waals surface area contributed by atoms with E-state index in [1.807, 2.05) is 49.4 Å². The van der Waals surface area contributed by atoms with Gasteiger partial charge in [-0.05, 0) is 50.3 Å². The Morgan fingerprint density at radius 2 is 1.90 bits per heavy atom. The highest BCUT2D eigenvalue weighted by molar-refractivity contribution is 6.03. The average molecular weight is 552 g/mol. The number of aryl methyl sites for hydroxylation is 1. The maximum Gasteiger partial charge on any atom is 0.294 e. The van der Waals surface area contributed by atoms with Crippen LogP contribution in [0.25, 0.3) is 11.1 Å². The highest BCUT2D eigenvalue weighted by atomic mass is 16.9. The van der Waals surface area contributed by atoms with Crippen molar-refractivity contribution in [2.75, 3.05) is 6.61 Å². The molecular weight excluding hydrogens is 514 g/mol. The predicted octanol–water partition coefficient (Wildman–Crippen LogP) is 3.40. The van der Waals surface area contributed by atoms with Crippen molar-refractivity contribution in [3.05, 3.63) is 87.0 Å². The molecule has 0 atom stereocenters. The van der Waals surface area contributed by atoms with Crippen LogP contribution in [0.15, 0.2) is 53.6 Å². The van der Waals surface area contributed by atoms with Crippen LogP contribution in [0.1, 0.15) is 68.4 Å². The fourth-order valence-corrected chi connectivity index (χ4v) is 4.43. The van der Waals surface area contributed by atoms with Gasteiger partial charge in [0, 0.05) is 30.6 Å². The third-order valence-electron chi connectivity index (χ3n) is 6.36. The fourth-order valence-electron chi connectivity index (χ4n) is 4.43. The molecule has 0 unspecified atom stereocenters. The molecule has 3 rings (SSSR count). The van der Waals surface area contributed by atoms with Crippen LogP contribution in [0, 0.1) is 17.0 Å². The molecule has 0 saturated carbocycles. The zero-order chi connectivity index (χ0) is 29.4. The first-order valence-electron chi connectivity index (χ1n) is 13.1. The molecule has 0 saturated heterocycles. The lowest BCUT2D eigenvalue weighted by atomic mass is 9.98. The monoisotopic (exact) mass is 551 g/mol. The molecule has 1 amide bonds. The van der Waals surface area contributed by atoms with Crippen molar-refractivity contribution >= 4 is 11.7 Å². The molecule has 0 spiro atoms. The molecule has 1 aromatic heterocycles. The molecule has 1 heterocycles. The van der Waals surface area contributed by atoms with Gasteiger partial charge in [0.2, 0.25) is 0 Å². The number of nitrogens with two attached hydrogens (primary N) is 2. The average Bonchev–Trinajstić information content (AvgIpc) is 3.22. The normalized spacial score (nSPS) is 11.9. The summed E-state index contributed by atoms with van der Waals surface area (Å²) < 4.78 is 2.15. The number of amides is 1. The third-order valence-corrected chi connectivity index (χ3v) is 6.36. The summed E-state index contributed by atoms with van der Waals surface area (Å²) in [5.41, 5.74) is 10.2. The topological polar surface area (TPSA) is 175 Å². The summed E-state index contributed by atoms with van der Waals surface area (Å²) in [5.74, 6) is 6.21. The molecule has 0 bridgehead atoms. The molecule has 2 aromatic carbocycles. The van der Waals surface area contributed by atoms with Gasteiger partial charge in [-0.15, -0.1) is 15.2 Å². The summed E-state index contributed by atoms with van der Waals surface area (Å²) in [5, 5.41) is 24.6. The van der Waals surface area contributed by atoms with Crippen LogP contribution in [-0.4, -0.2) is 43.2 Å². The highest BCUT2D eigenvalue weighted by Crippen LogP contribution is 2.27. The Labute approximate surface area is 233 Å². The molecule has 0 aliphatic heterocycles. The number of hydrogen-bond acceptors (Lipinski definition) is 8. The van der Waals surface area contributed by atoms with Crippen molar-refractivity contribution in [2.45, 2.75) is 65.5 Å². The first-order valence-corrected chi connectivity index (χ1v) is 13.1. The molecule has 12 nitrogen and oxygen atoms in total. The number of amidine groups is 1. The molecule has 3 aromatic rings. The lowest BCUT2D eigenvalue weighted by Crippen LogP contribution is -2.35. The Kier molecular flexibility index (Phi) is 9.97. The molecule has 0 aliphatic carbocycles. The van der Waals surface area contributed by atoms with E-state index in [-0.39, 0.29) is 25.3 Å². The Morgan fingerprint density at radius 3 is 2.52 bits per heavy atom. The van der Waals surface area contributed by atoms with Gasteiger partial charge in [-0.25, -0.2) is 10.8 Å². The van der Waals surface area contributed by atoms with E-state index in [9.17, 15) is 20.0 Å². The van der Waals surface area contributed by atoms with Crippen molar-refractivity contribution in [3.8, 4) is 11.1 Å². The van der Waals surface area contributed by atoms with Crippen LogP contribution >= 0.6 is 0 Å². The number of nitrogens with zero attached hydrogens (tertiary/aromatic N) is 5. The van der Waals surface area contributed by atoms with Gasteiger partial charge < -0.3 is 20.2 Å². The van der Waals surface area contributed by atoms with Gasteiger partial charge in [0.25, 0.3) is 11.0 Å². The Balaban J connectivity index is 1.79. The quantitative estimate of drug-likeness (QED) is 0.0551. The van der Waals surface area contributed by atoms with E-state index < -0.39 is 16.6 Å². The minimum Gasteiger partial charge on any atom is -0.384 e. The predicted molar refractivity (Wildman–Crippen MR) is 151 cm³/mol. The number of rotatable bonds is 13. The van der Waals surface area contributed by atoms with Gasteiger partial charge in [-0.2, -0.15) is 5.12 Å². The minimum atomic E-state index is -1.03. The second kappa shape index (κ2) is 13.2. The zero-order valence-electron chi connectivity index (χ0n) is 23.3. The third kappa shape index (κ3) is 7.64. The SMILES string of the molecule is CCCc1nc(C(C)(C)O)c(C)n1Cc1ccc(-c2ccccc2/C(N)=N/N(N)C(=O)CCCO[N+](=O)[O-])cc1. The summed E-state index contributed by atoms with van der Waals surface area (Å²) >= 11 is 0. The molecule has 0 aliphatic rings. The van der Waals surface area contributed by atoms with Crippen molar-refractivity contribution in [1.82, 2.24) is 14.7 Å². The standard InChI is InChI=1S/C28H37N7O5/c1-5-9-24-31-26(28(3,4)37)19(2)33(24)18-20-13-15-21(16-14-20)22-10-6-7-11-23(22)27(29)32-34(30)25(36)12-8-17-40-35(38)39/h6-7,10-11,13-16,37H,5,8-9,12,17-18,30H2,1-4H3,(H2,29,32). The number of aliphatic hydroxyl groups is 1. The molecule has 0 fully saturated rings. The number of imidazole rings is 1. The Morgan fingerprint density at radius 1 is 1.23 bits per heavy atom. The smallest absolute Gasteiger partial charge is 0.294 e. The number of hydrazine groups is 1. The van der Waals surface area contributed by atoms with E-state index in [1.54, 1.807) is 19.9 Å². The number of aromatic nitrogens is 2. The van der Waals surface area contributed by atoms with Crippen LogP contribution in [0.3, 0.4) is 0 Å². The number of benzene rings is 2. The van der Waals surface area contributed by atoms with Crippen molar-refractivity contribution in [3.63, 3.8) is 0 Å². The molecule has 12 heteroatoms. The van der Waals surface area contributed by atoms with Crippen molar-refractivity contribution < 1.29 is 19.8 Å². The Hall–Kier alpha value is -4.29. The number of carbonyl (C=O) groups excluding carboxylic acids is 1. The number of hydrogen-bond donors (Lipinski definition) is 3. The fraction of sp³-hybridized carbons (Fsp3) is 0.393. The summed E-state index contributed by atoms with van der Waals surface area (Å²) in [6.07, 6.45) is 1.79. The van der Waals surface area contributed by atoms with E-state index in [0.717, 1.165) is 41.1 Å². The van der Waals surface area contributed by atoms with E-state index in [4.69, 9.17) is 16.6 Å². The Bertz CT molecular complexity index is 1360. The lowest BCUT2D eigenvalue weighted by molar-refractivity contribution is -0.757. The minimum absolute atomic E-state index is 0.0504. The summed E-state index contributed by atoms with van der Waals surface area (Å²) in [6.45, 7) is 7.99. The zero-order valence-corrected chi connectivity index (χ0v) is 23.3. The highest BCUT2D eigenvalue weighted by Gasteiger charge is 2.25. The lowest BCUT2D eigenvalue weighted by Gasteiger charge is -2.16. The van der Waals surface area contributed by atoms with Crippen LogP contribution in [-0.2, 0) is 28.2 Å². The maximum absolute atomic E-state index is 12.2. The maximum atomic E-state index is 12.2. The molecule has 214 valence electrons. The number of hydrazone groups is 1. The van der Waals surface area contributed by atoms with E-state index in [0.29, 0.717) is 22.9 Å². The number of carbonyl (C=O) groups is 1.